The summed E-state index contributed by atoms with van der Waals surface area (Å²) in [6.07, 6.45) is 3.94. The highest BCUT2D eigenvalue weighted by Gasteiger charge is 2.13. The van der Waals surface area contributed by atoms with E-state index in [0.29, 0.717) is 0 Å². The molecule has 0 spiro atoms. The van der Waals surface area contributed by atoms with Gasteiger partial charge in [-0.15, -0.1) is 11.3 Å². The topological polar surface area (TPSA) is 59.3 Å². The summed E-state index contributed by atoms with van der Waals surface area (Å²) < 4.78 is 0. The standard InChI is InChI=1S/C16H17N3O2S2/c20-19(21)14-4-1-13(2-5-14)3-6-15-16(23-12-17-15)11-18-7-9-22-10-8-18/h1-6,12H,7-11H2/b6-3-. The van der Waals surface area contributed by atoms with Crippen molar-refractivity contribution >= 4 is 40.9 Å². The molecule has 1 aromatic heterocycles. The number of thioether (sulfide) groups is 1. The summed E-state index contributed by atoms with van der Waals surface area (Å²) in [4.78, 5) is 18.5. The van der Waals surface area contributed by atoms with Gasteiger partial charge in [-0.2, -0.15) is 11.8 Å². The van der Waals surface area contributed by atoms with Gasteiger partial charge >= 0.3 is 0 Å². The Hall–Kier alpha value is -1.70. The van der Waals surface area contributed by atoms with Crippen LogP contribution in [0.15, 0.2) is 29.8 Å². The van der Waals surface area contributed by atoms with E-state index in [-0.39, 0.29) is 10.6 Å². The molecule has 2 heterocycles. The predicted octanol–water partition coefficient (Wildman–Crippen LogP) is 3.77. The molecule has 1 saturated heterocycles. The van der Waals surface area contributed by atoms with Crippen molar-refractivity contribution in [1.29, 1.82) is 0 Å². The molecule has 0 N–H and O–H groups in total. The van der Waals surface area contributed by atoms with Crippen LogP contribution in [0.25, 0.3) is 12.2 Å². The molecule has 1 fully saturated rings. The molecule has 120 valence electrons. The minimum Gasteiger partial charge on any atom is -0.297 e. The Morgan fingerprint density at radius 2 is 1.96 bits per heavy atom. The minimum absolute atomic E-state index is 0.111. The molecule has 7 heteroatoms. The number of rotatable bonds is 5. The molecule has 1 aromatic carbocycles. The van der Waals surface area contributed by atoms with Crippen molar-refractivity contribution in [1.82, 2.24) is 9.88 Å². The van der Waals surface area contributed by atoms with Crippen LogP contribution >= 0.6 is 23.1 Å². The quantitative estimate of drug-likeness (QED) is 0.609. The molecule has 5 nitrogen and oxygen atoms in total. The first kappa shape index (κ1) is 16.2. The van der Waals surface area contributed by atoms with Gasteiger partial charge in [0.1, 0.15) is 0 Å². The number of nitro groups is 1. The van der Waals surface area contributed by atoms with E-state index < -0.39 is 0 Å². The zero-order valence-electron chi connectivity index (χ0n) is 12.6. The van der Waals surface area contributed by atoms with Gasteiger partial charge in [-0.3, -0.25) is 15.0 Å². The molecule has 0 saturated carbocycles. The zero-order valence-corrected chi connectivity index (χ0v) is 14.2. The number of nitro benzene ring substituents is 1. The SMILES string of the molecule is O=[N+]([O-])c1ccc(/C=C\c2ncsc2CN2CCSCC2)cc1. The Morgan fingerprint density at radius 3 is 2.65 bits per heavy atom. The highest BCUT2D eigenvalue weighted by atomic mass is 32.2. The molecule has 0 unspecified atom stereocenters. The van der Waals surface area contributed by atoms with Gasteiger partial charge in [0.05, 0.1) is 16.1 Å². The summed E-state index contributed by atoms with van der Waals surface area (Å²) in [5, 5.41) is 10.7. The van der Waals surface area contributed by atoms with Crippen LogP contribution in [0.5, 0.6) is 0 Å². The molecule has 2 aromatic rings. The van der Waals surface area contributed by atoms with E-state index in [9.17, 15) is 10.1 Å². The van der Waals surface area contributed by atoms with Crippen LogP contribution in [0.3, 0.4) is 0 Å². The first-order valence-corrected chi connectivity index (χ1v) is 9.41. The monoisotopic (exact) mass is 347 g/mol. The Bertz CT molecular complexity index is 692. The molecular weight excluding hydrogens is 330 g/mol. The Labute approximate surface area is 143 Å². The maximum atomic E-state index is 10.7. The van der Waals surface area contributed by atoms with E-state index >= 15 is 0 Å². The van der Waals surface area contributed by atoms with Gasteiger partial charge in [0.25, 0.3) is 5.69 Å². The summed E-state index contributed by atoms with van der Waals surface area (Å²) in [6.45, 7) is 3.22. The molecule has 0 atom stereocenters. The molecule has 23 heavy (non-hydrogen) atoms. The lowest BCUT2D eigenvalue weighted by atomic mass is 10.2. The summed E-state index contributed by atoms with van der Waals surface area (Å²) in [7, 11) is 0. The van der Waals surface area contributed by atoms with Crippen molar-refractivity contribution in [3.8, 4) is 0 Å². The third-order valence-electron chi connectivity index (χ3n) is 3.68. The largest absolute Gasteiger partial charge is 0.297 e. The van der Waals surface area contributed by atoms with Crippen molar-refractivity contribution in [2.24, 2.45) is 0 Å². The van der Waals surface area contributed by atoms with Crippen LogP contribution in [-0.2, 0) is 6.54 Å². The number of hydrogen-bond acceptors (Lipinski definition) is 6. The molecule has 1 aliphatic heterocycles. The lowest BCUT2D eigenvalue weighted by Crippen LogP contribution is -2.31. The van der Waals surface area contributed by atoms with E-state index in [1.807, 2.05) is 29.4 Å². The molecule has 0 bridgehead atoms. The lowest BCUT2D eigenvalue weighted by Gasteiger charge is -2.25. The van der Waals surface area contributed by atoms with Crippen LogP contribution in [0.2, 0.25) is 0 Å². The van der Waals surface area contributed by atoms with Crippen LogP contribution in [0, 0.1) is 10.1 Å². The Balaban J connectivity index is 1.67. The molecular formula is C16H17N3O2S2. The van der Waals surface area contributed by atoms with Gasteiger partial charge < -0.3 is 0 Å². The van der Waals surface area contributed by atoms with Gasteiger partial charge in [-0.25, -0.2) is 4.98 Å². The van der Waals surface area contributed by atoms with Crippen LogP contribution < -0.4 is 0 Å². The number of non-ortho nitro benzene ring substituents is 1. The summed E-state index contributed by atoms with van der Waals surface area (Å²) in [6, 6.07) is 6.55. The van der Waals surface area contributed by atoms with Crippen molar-refractivity contribution in [3.63, 3.8) is 0 Å². The number of thiazole rings is 1. The van der Waals surface area contributed by atoms with E-state index in [1.165, 1.54) is 28.5 Å². The first-order chi connectivity index (χ1) is 11.2. The third-order valence-corrected chi connectivity index (χ3v) is 5.46. The lowest BCUT2D eigenvalue weighted by molar-refractivity contribution is -0.384. The van der Waals surface area contributed by atoms with Gasteiger partial charge in [0.15, 0.2) is 0 Å². The number of benzene rings is 1. The number of hydrogen-bond donors (Lipinski definition) is 0. The second-order valence-corrected chi connectivity index (χ2v) is 7.40. The fourth-order valence-corrected chi connectivity index (χ4v) is 4.15. The van der Waals surface area contributed by atoms with E-state index in [1.54, 1.807) is 23.5 Å². The average molecular weight is 347 g/mol. The minimum atomic E-state index is -0.386. The van der Waals surface area contributed by atoms with Gasteiger partial charge in [-0.1, -0.05) is 6.08 Å². The molecule has 3 rings (SSSR count). The Kier molecular flexibility index (Phi) is 5.43. The van der Waals surface area contributed by atoms with Crippen molar-refractivity contribution < 1.29 is 4.92 Å². The Morgan fingerprint density at radius 1 is 1.22 bits per heavy atom. The smallest absolute Gasteiger partial charge is 0.269 e. The van der Waals surface area contributed by atoms with Crippen molar-refractivity contribution in [3.05, 3.63) is 56.0 Å². The van der Waals surface area contributed by atoms with Crippen LogP contribution in [-0.4, -0.2) is 39.4 Å². The highest BCUT2D eigenvalue weighted by molar-refractivity contribution is 7.99. The number of aromatic nitrogens is 1. The molecule has 1 aliphatic rings. The van der Waals surface area contributed by atoms with E-state index in [2.05, 4.69) is 9.88 Å². The third kappa shape index (κ3) is 4.40. The second kappa shape index (κ2) is 7.72. The summed E-state index contributed by atoms with van der Waals surface area (Å²) >= 11 is 3.69. The van der Waals surface area contributed by atoms with Crippen LogP contribution in [0.1, 0.15) is 16.1 Å². The molecule has 0 radical (unpaired) electrons. The first-order valence-electron chi connectivity index (χ1n) is 7.37. The van der Waals surface area contributed by atoms with Gasteiger partial charge in [0, 0.05) is 48.1 Å². The van der Waals surface area contributed by atoms with Crippen molar-refractivity contribution in [2.45, 2.75) is 6.54 Å². The fourth-order valence-electron chi connectivity index (χ4n) is 2.38. The summed E-state index contributed by atoms with van der Waals surface area (Å²) in [5.74, 6) is 2.40. The van der Waals surface area contributed by atoms with Crippen LogP contribution in [0.4, 0.5) is 5.69 Å². The normalized spacial score (nSPS) is 16.0. The van der Waals surface area contributed by atoms with E-state index in [4.69, 9.17) is 0 Å². The summed E-state index contributed by atoms with van der Waals surface area (Å²) in [5.41, 5.74) is 3.92. The van der Waals surface area contributed by atoms with E-state index in [0.717, 1.165) is 30.9 Å². The highest BCUT2D eigenvalue weighted by Crippen LogP contribution is 2.21. The maximum absolute atomic E-state index is 10.7. The fraction of sp³-hybridized carbons (Fsp3) is 0.312. The zero-order chi connectivity index (χ0) is 16.1. The molecule has 0 amide bonds. The van der Waals surface area contributed by atoms with Gasteiger partial charge in [-0.05, 0) is 23.8 Å². The predicted molar refractivity (Wildman–Crippen MR) is 96.7 cm³/mol. The maximum Gasteiger partial charge on any atom is 0.269 e. The average Bonchev–Trinajstić information content (AvgIpc) is 3.01. The number of nitrogens with zero attached hydrogens (tertiary/aromatic N) is 3. The van der Waals surface area contributed by atoms with Crippen molar-refractivity contribution in [2.75, 3.05) is 24.6 Å². The molecule has 0 aliphatic carbocycles. The van der Waals surface area contributed by atoms with Gasteiger partial charge in [0.2, 0.25) is 0 Å². The second-order valence-electron chi connectivity index (χ2n) is 5.23.